The van der Waals surface area contributed by atoms with E-state index in [0.29, 0.717) is 10.8 Å². The lowest BCUT2D eigenvalue weighted by Crippen LogP contribution is -2.19. The summed E-state index contributed by atoms with van der Waals surface area (Å²) in [6.45, 7) is 1.71. The van der Waals surface area contributed by atoms with Crippen LogP contribution in [0.3, 0.4) is 0 Å². The summed E-state index contributed by atoms with van der Waals surface area (Å²) in [4.78, 5) is 10.8. The maximum atomic E-state index is 10.8. The normalized spacial score (nSPS) is 9.77. The Kier molecular flexibility index (Phi) is 3.28. The predicted molar refractivity (Wildman–Crippen MR) is 50.9 cm³/mol. The minimum Gasteiger partial charge on any atom is -0.426 e. The molecule has 70 valence electrons. The van der Waals surface area contributed by atoms with E-state index in [2.05, 4.69) is 0 Å². The lowest BCUT2D eigenvalue weighted by molar-refractivity contribution is -0.132. The number of hydrogen-bond donors (Lipinski definition) is 1. The third-order valence-electron chi connectivity index (χ3n) is 1.53. The van der Waals surface area contributed by atoms with Crippen molar-refractivity contribution in [3.8, 4) is 5.75 Å². The second-order valence-electron chi connectivity index (χ2n) is 2.59. The van der Waals surface area contributed by atoms with Crippen LogP contribution in [-0.2, 0) is 4.79 Å². The molecule has 0 saturated carbocycles. The summed E-state index contributed by atoms with van der Waals surface area (Å²) in [6, 6.07) is 4.99. The molecule has 0 unspecified atom stereocenters. The van der Waals surface area contributed by atoms with Crippen LogP contribution in [0, 0.1) is 6.92 Å². The first-order valence-corrected chi connectivity index (χ1v) is 4.18. The molecule has 4 heteroatoms. The molecular weight excluding hydrogens is 190 g/mol. The minimum absolute atomic E-state index is 0.123. The first-order chi connectivity index (χ1) is 6.13. The van der Waals surface area contributed by atoms with Crippen LogP contribution >= 0.6 is 11.6 Å². The van der Waals surface area contributed by atoms with Crippen molar-refractivity contribution < 1.29 is 9.53 Å². The van der Waals surface area contributed by atoms with E-state index in [9.17, 15) is 4.79 Å². The molecule has 0 aromatic heterocycles. The van der Waals surface area contributed by atoms with Crippen LogP contribution in [0.4, 0.5) is 0 Å². The van der Waals surface area contributed by atoms with Gasteiger partial charge in [-0.3, -0.25) is 4.79 Å². The Balaban J connectivity index is 2.79. The van der Waals surface area contributed by atoms with Crippen molar-refractivity contribution >= 4 is 17.6 Å². The largest absolute Gasteiger partial charge is 0.426 e. The fraction of sp³-hybridized carbons (Fsp3) is 0.222. The van der Waals surface area contributed by atoms with Crippen molar-refractivity contribution in [2.45, 2.75) is 6.92 Å². The maximum Gasteiger partial charge on any atom is 0.325 e. The zero-order valence-corrected chi connectivity index (χ0v) is 7.97. The molecule has 0 spiro atoms. The summed E-state index contributed by atoms with van der Waals surface area (Å²) < 4.78 is 4.88. The second-order valence-corrected chi connectivity index (χ2v) is 3.00. The third kappa shape index (κ3) is 2.72. The van der Waals surface area contributed by atoms with Crippen molar-refractivity contribution in [3.63, 3.8) is 0 Å². The Morgan fingerprint density at radius 1 is 1.62 bits per heavy atom. The standard InChI is InChI=1S/C9H10ClNO2/c1-6-4-7(2-3-8(6)10)13-9(12)5-11/h2-4H,5,11H2,1H3. The molecular formula is C9H10ClNO2. The Hall–Kier alpha value is -1.06. The van der Waals surface area contributed by atoms with Crippen molar-refractivity contribution in [1.82, 2.24) is 0 Å². The van der Waals surface area contributed by atoms with Gasteiger partial charge in [0, 0.05) is 5.02 Å². The van der Waals surface area contributed by atoms with Crippen LogP contribution in [0.1, 0.15) is 5.56 Å². The number of esters is 1. The van der Waals surface area contributed by atoms with Gasteiger partial charge in [0.05, 0.1) is 6.54 Å². The van der Waals surface area contributed by atoms with Gasteiger partial charge in [-0.1, -0.05) is 11.6 Å². The molecule has 0 aliphatic carbocycles. The summed E-state index contributed by atoms with van der Waals surface area (Å²) in [6.07, 6.45) is 0. The van der Waals surface area contributed by atoms with Crippen LogP contribution in [0.25, 0.3) is 0 Å². The first-order valence-electron chi connectivity index (χ1n) is 3.80. The van der Waals surface area contributed by atoms with Gasteiger partial charge in [0.25, 0.3) is 0 Å². The highest BCUT2D eigenvalue weighted by molar-refractivity contribution is 6.31. The molecule has 0 aliphatic rings. The smallest absolute Gasteiger partial charge is 0.325 e. The lowest BCUT2D eigenvalue weighted by atomic mass is 10.2. The molecule has 1 rings (SSSR count). The second kappa shape index (κ2) is 4.25. The fourth-order valence-electron chi connectivity index (χ4n) is 0.854. The van der Waals surface area contributed by atoms with Gasteiger partial charge in [-0.05, 0) is 30.7 Å². The quantitative estimate of drug-likeness (QED) is 0.580. The van der Waals surface area contributed by atoms with E-state index < -0.39 is 5.97 Å². The van der Waals surface area contributed by atoms with Crippen molar-refractivity contribution in [1.29, 1.82) is 0 Å². The topological polar surface area (TPSA) is 52.3 Å². The summed E-state index contributed by atoms with van der Waals surface area (Å²) in [5.74, 6) is 0.0130. The lowest BCUT2D eigenvalue weighted by Gasteiger charge is -2.03. The van der Waals surface area contributed by atoms with Crippen molar-refractivity contribution in [3.05, 3.63) is 28.8 Å². The summed E-state index contributed by atoms with van der Waals surface area (Å²) in [7, 11) is 0. The molecule has 0 fully saturated rings. The van der Waals surface area contributed by atoms with Gasteiger partial charge in [0.2, 0.25) is 0 Å². The Morgan fingerprint density at radius 3 is 2.85 bits per heavy atom. The molecule has 0 aliphatic heterocycles. The highest BCUT2D eigenvalue weighted by Gasteiger charge is 2.02. The van der Waals surface area contributed by atoms with E-state index in [1.54, 1.807) is 18.2 Å². The van der Waals surface area contributed by atoms with E-state index in [4.69, 9.17) is 22.1 Å². The molecule has 1 aromatic carbocycles. The molecule has 3 nitrogen and oxygen atoms in total. The number of ether oxygens (including phenoxy) is 1. The van der Waals surface area contributed by atoms with Crippen molar-refractivity contribution in [2.24, 2.45) is 5.73 Å². The summed E-state index contributed by atoms with van der Waals surface area (Å²) in [5.41, 5.74) is 5.95. The van der Waals surface area contributed by atoms with Crippen LogP contribution in [0.5, 0.6) is 5.75 Å². The van der Waals surface area contributed by atoms with Gasteiger partial charge in [0.1, 0.15) is 5.75 Å². The van der Waals surface area contributed by atoms with Gasteiger partial charge >= 0.3 is 5.97 Å². The number of hydrogen-bond acceptors (Lipinski definition) is 3. The van der Waals surface area contributed by atoms with Gasteiger partial charge in [-0.2, -0.15) is 0 Å². The number of halogens is 1. The van der Waals surface area contributed by atoms with E-state index in [1.165, 1.54) is 0 Å². The molecule has 0 radical (unpaired) electrons. The number of rotatable bonds is 2. The van der Waals surface area contributed by atoms with E-state index in [-0.39, 0.29) is 6.54 Å². The molecule has 1 aromatic rings. The molecule has 0 bridgehead atoms. The zero-order valence-electron chi connectivity index (χ0n) is 7.21. The van der Waals surface area contributed by atoms with Gasteiger partial charge in [-0.25, -0.2) is 0 Å². The Labute approximate surface area is 81.4 Å². The molecule has 0 heterocycles. The van der Waals surface area contributed by atoms with E-state index >= 15 is 0 Å². The van der Waals surface area contributed by atoms with Crippen LogP contribution in [0.2, 0.25) is 5.02 Å². The third-order valence-corrected chi connectivity index (χ3v) is 1.95. The molecule has 0 saturated heterocycles. The SMILES string of the molecule is Cc1cc(OC(=O)CN)ccc1Cl. The minimum atomic E-state index is -0.457. The van der Waals surface area contributed by atoms with Gasteiger partial charge in [0.15, 0.2) is 0 Å². The monoisotopic (exact) mass is 199 g/mol. The predicted octanol–water partition coefficient (Wildman–Crippen LogP) is 1.51. The number of carbonyl (C=O) groups excluding carboxylic acids is 1. The van der Waals surface area contributed by atoms with Crippen LogP contribution in [0.15, 0.2) is 18.2 Å². The van der Waals surface area contributed by atoms with E-state index in [1.807, 2.05) is 6.92 Å². The average molecular weight is 200 g/mol. The molecule has 0 atom stereocenters. The maximum absolute atomic E-state index is 10.8. The number of aryl methyl sites for hydroxylation is 1. The number of carbonyl (C=O) groups is 1. The molecule has 0 amide bonds. The average Bonchev–Trinajstić information content (AvgIpc) is 2.11. The molecule has 13 heavy (non-hydrogen) atoms. The Bertz CT molecular complexity index is 325. The van der Waals surface area contributed by atoms with Gasteiger partial charge in [-0.15, -0.1) is 0 Å². The highest BCUT2D eigenvalue weighted by Crippen LogP contribution is 2.20. The first kappa shape index (κ1) is 10.0. The highest BCUT2D eigenvalue weighted by atomic mass is 35.5. The van der Waals surface area contributed by atoms with Crippen molar-refractivity contribution in [2.75, 3.05) is 6.54 Å². The number of nitrogens with two attached hydrogens (primary N) is 1. The number of benzene rings is 1. The molecule has 2 N–H and O–H groups in total. The van der Waals surface area contributed by atoms with E-state index in [0.717, 1.165) is 5.56 Å². The zero-order chi connectivity index (χ0) is 9.84. The van der Waals surface area contributed by atoms with Crippen LogP contribution < -0.4 is 10.5 Å². The van der Waals surface area contributed by atoms with Gasteiger partial charge < -0.3 is 10.5 Å². The van der Waals surface area contributed by atoms with Crippen LogP contribution in [-0.4, -0.2) is 12.5 Å². The summed E-state index contributed by atoms with van der Waals surface area (Å²) >= 11 is 5.79. The Morgan fingerprint density at radius 2 is 2.31 bits per heavy atom. The fourth-order valence-corrected chi connectivity index (χ4v) is 0.971. The summed E-state index contributed by atoms with van der Waals surface area (Å²) in [5, 5.41) is 0.646.